The first kappa shape index (κ1) is 12.2. The van der Waals surface area contributed by atoms with Gasteiger partial charge in [0, 0.05) is 19.0 Å². The summed E-state index contributed by atoms with van der Waals surface area (Å²) in [5, 5.41) is 3.36. The molecule has 1 aliphatic rings. The van der Waals surface area contributed by atoms with E-state index >= 15 is 0 Å². The monoisotopic (exact) mass is 258 g/mol. The molecule has 1 fully saturated rings. The highest BCUT2D eigenvalue weighted by Crippen LogP contribution is 2.27. The Morgan fingerprint density at radius 1 is 1.58 bits per heavy atom. The average Bonchev–Trinajstić information content (AvgIpc) is 3.04. The van der Waals surface area contributed by atoms with Crippen molar-refractivity contribution in [3.63, 3.8) is 0 Å². The first-order chi connectivity index (χ1) is 9.22. The normalized spacial score (nSPS) is 19.1. The maximum absolute atomic E-state index is 11.5. The van der Waals surface area contributed by atoms with Gasteiger partial charge >= 0.3 is 0 Å². The van der Waals surface area contributed by atoms with Crippen LogP contribution >= 0.6 is 0 Å². The minimum absolute atomic E-state index is 0.414. The number of amides is 1. The number of hydrogen-bond donors (Lipinski definition) is 2. The molecule has 1 amide bonds. The largest absolute Gasteiger partial charge is 0.366 e. The number of carbonyl (C=O) groups excluding carboxylic acids is 1. The lowest BCUT2D eigenvalue weighted by Crippen LogP contribution is -2.12. The van der Waals surface area contributed by atoms with Gasteiger partial charge in [-0.05, 0) is 32.0 Å². The number of rotatable bonds is 3. The van der Waals surface area contributed by atoms with Crippen molar-refractivity contribution in [2.75, 3.05) is 13.1 Å². The molecular formula is C14H18N4O. The number of nitrogens with two attached hydrogens (primary N) is 1. The van der Waals surface area contributed by atoms with E-state index in [0.717, 1.165) is 42.9 Å². The molecule has 0 bridgehead atoms. The van der Waals surface area contributed by atoms with Crippen molar-refractivity contribution < 1.29 is 4.79 Å². The Bertz CT molecular complexity index is 626. The standard InChI is InChI=1S/C14H18N4O/c1-2-18-11-5-3-4-10(13(15)19)12(11)17-14(18)9-6-7-16-8-9/h3-5,9,16H,2,6-8H2,1H3,(H2,15,19). The highest BCUT2D eigenvalue weighted by molar-refractivity contribution is 6.04. The number of nitrogens with zero attached hydrogens (tertiary/aromatic N) is 2. The Hall–Kier alpha value is -1.88. The van der Waals surface area contributed by atoms with Crippen LogP contribution in [0.3, 0.4) is 0 Å². The van der Waals surface area contributed by atoms with Crippen molar-refractivity contribution in [2.45, 2.75) is 25.8 Å². The molecule has 0 spiro atoms. The minimum atomic E-state index is -0.414. The summed E-state index contributed by atoms with van der Waals surface area (Å²) in [6.07, 6.45) is 1.09. The Balaban J connectivity index is 2.22. The van der Waals surface area contributed by atoms with E-state index in [0.29, 0.717) is 11.5 Å². The maximum Gasteiger partial charge on any atom is 0.250 e. The fourth-order valence-corrected chi connectivity index (χ4v) is 2.88. The van der Waals surface area contributed by atoms with E-state index < -0.39 is 5.91 Å². The van der Waals surface area contributed by atoms with E-state index in [-0.39, 0.29) is 0 Å². The second-order valence-corrected chi connectivity index (χ2v) is 4.94. The topological polar surface area (TPSA) is 72.9 Å². The fraction of sp³-hybridized carbons (Fsp3) is 0.429. The number of primary amides is 1. The molecule has 1 aromatic carbocycles. The predicted molar refractivity (Wildman–Crippen MR) is 74.2 cm³/mol. The van der Waals surface area contributed by atoms with Crippen molar-refractivity contribution in [1.82, 2.24) is 14.9 Å². The molecule has 5 heteroatoms. The van der Waals surface area contributed by atoms with E-state index in [4.69, 9.17) is 10.7 Å². The van der Waals surface area contributed by atoms with Crippen LogP contribution in [-0.4, -0.2) is 28.5 Å². The Kier molecular flexibility index (Phi) is 2.98. The van der Waals surface area contributed by atoms with E-state index in [1.54, 1.807) is 6.07 Å². The third kappa shape index (κ3) is 1.90. The molecule has 0 aliphatic carbocycles. The van der Waals surface area contributed by atoms with E-state index in [9.17, 15) is 4.79 Å². The number of aryl methyl sites for hydroxylation is 1. The fourth-order valence-electron chi connectivity index (χ4n) is 2.88. The molecular weight excluding hydrogens is 240 g/mol. The van der Waals surface area contributed by atoms with Gasteiger partial charge in [-0.25, -0.2) is 4.98 Å². The van der Waals surface area contributed by atoms with Gasteiger partial charge in [0.15, 0.2) is 0 Å². The van der Waals surface area contributed by atoms with Crippen molar-refractivity contribution in [1.29, 1.82) is 0 Å². The van der Waals surface area contributed by atoms with Crippen molar-refractivity contribution in [3.8, 4) is 0 Å². The molecule has 1 saturated heterocycles. The van der Waals surface area contributed by atoms with Gasteiger partial charge in [-0.2, -0.15) is 0 Å². The summed E-state index contributed by atoms with van der Waals surface area (Å²) in [5.74, 6) is 1.08. The zero-order valence-corrected chi connectivity index (χ0v) is 11.0. The molecule has 1 unspecified atom stereocenters. The molecule has 0 radical (unpaired) electrons. The number of carbonyl (C=O) groups is 1. The Labute approximate surface area is 111 Å². The lowest BCUT2D eigenvalue weighted by Gasteiger charge is -2.10. The lowest BCUT2D eigenvalue weighted by molar-refractivity contribution is 0.100. The van der Waals surface area contributed by atoms with Gasteiger partial charge in [-0.1, -0.05) is 6.07 Å². The highest BCUT2D eigenvalue weighted by Gasteiger charge is 2.24. The molecule has 1 aromatic heterocycles. The molecule has 3 N–H and O–H groups in total. The van der Waals surface area contributed by atoms with Crippen molar-refractivity contribution in [2.24, 2.45) is 5.73 Å². The van der Waals surface area contributed by atoms with Gasteiger partial charge in [-0.15, -0.1) is 0 Å². The molecule has 1 aliphatic heterocycles. The van der Waals surface area contributed by atoms with Gasteiger partial charge in [-0.3, -0.25) is 4.79 Å². The van der Waals surface area contributed by atoms with Crippen LogP contribution in [0.2, 0.25) is 0 Å². The van der Waals surface area contributed by atoms with Crippen LogP contribution in [0.5, 0.6) is 0 Å². The number of imidazole rings is 1. The van der Waals surface area contributed by atoms with Crippen LogP contribution in [0.25, 0.3) is 11.0 Å². The number of nitrogens with one attached hydrogen (secondary N) is 1. The summed E-state index contributed by atoms with van der Waals surface area (Å²) in [7, 11) is 0. The Morgan fingerprint density at radius 2 is 2.42 bits per heavy atom. The van der Waals surface area contributed by atoms with Crippen LogP contribution in [0.4, 0.5) is 0 Å². The van der Waals surface area contributed by atoms with Gasteiger partial charge in [0.25, 0.3) is 5.91 Å². The Morgan fingerprint density at radius 3 is 3.05 bits per heavy atom. The van der Waals surface area contributed by atoms with Crippen molar-refractivity contribution >= 4 is 16.9 Å². The summed E-state index contributed by atoms with van der Waals surface area (Å²) in [4.78, 5) is 16.2. The number of aromatic nitrogens is 2. The van der Waals surface area contributed by atoms with E-state index in [2.05, 4.69) is 16.8 Å². The van der Waals surface area contributed by atoms with Crippen molar-refractivity contribution in [3.05, 3.63) is 29.6 Å². The quantitative estimate of drug-likeness (QED) is 0.869. The van der Waals surface area contributed by atoms with E-state index in [1.165, 1.54) is 0 Å². The summed E-state index contributed by atoms with van der Waals surface area (Å²) in [5.41, 5.74) is 7.68. The lowest BCUT2D eigenvalue weighted by atomic mass is 10.1. The van der Waals surface area contributed by atoms with Gasteiger partial charge in [0.05, 0.1) is 11.1 Å². The second-order valence-electron chi connectivity index (χ2n) is 4.94. The molecule has 2 heterocycles. The molecule has 100 valence electrons. The number of hydrogen-bond acceptors (Lipinski definition) is 3. The van der Waals surface area contributed by atoms with Crippen LogP contribution in [-0.2, 0) is 6.54 Å². The average molecular weight is 258 g/mol. The number of para-hydroxylation sites is 1. The van der Waals surface area contributed by atoms with Crippen LogP contribution in [0, 0.1) is 0 Å². The summed E-state index contributed by atoms with van der Waals surface area (Å²) < 4.78 is 2.19. The van der Waals surface area contributed by atoms with Gasteiger partial charge in [0.2, 0.25) is 0 Å². The third-order valence-electron chi connectivity index (χ3n) is 3.82. The summed E-state index contributed by atoms with van der Waals surface area (Å²) in [6.45, 7) is 4.93. The maximum atomic E-state index is 11.5. The minimum Gasteiger partial charge on any atom is -0.366 e. The number of benzene rings is 1. The van der Waals surface area contributed by atoms with Crippen LogP contribution in [0.15, 0.2) is 18.2 Å². The second kappa shape index (κ2) is 4.66. The predicted octanol–water partition coefficient (Wildman–Crippen LogP) is 1.23. The molecule has 1 atom stereocenters. The smallest absolute Gasteiger partial charge is 0.250 e. The highest BCUT2D eigenvalue weighted by atomic mass is 16.1. The molecule has 2 aromatic rings. The zero-order chi connectivity index (χ0) is 13.4. The van der Waals surface area contributed by atoms with Gasteiger partial charge < -0.3 is 15.6 Å². The zero-order valence-electron chi connectivity index (χ0n) is 11.0. The molecule has 0 saturated carbocycles. The summed E-state index contributed by atoms with van der Waals surface area (Å²) >= 11 is 0. The third-order valence-corrected chi connectivity index (χ3v) is 3.82. The van der Waals surface area contributed by atoms with Crippen LogP contribution < -0.4 is 11.1 Å². The van der Waals surface area contributed by atoms with Crippen LogP contribution in [0.1, 0.15) is 35.4 Å². The van der Waals surface area contributed by atoms with E-state index in [1.807, 2.05) is 12.1 Å². The first-order valence-corrected chi connectivity index (χ1v) is 6.72. The van der Waals surface area contributed by atoms with Gasteiger partial charge in [0.1, 0.15) is 11.3 Å². The summed E-state index contributed by atoms with van der Waals surface area (Å²) in [6, 6.07) is 5.62. The first-order valence-electron chi connectivity index (χ1n) is 6.72. The molecule has 3 rings (SSSR count). The SMILES string of the molecule is CCn1c(C2CCNC2)nc2c(C(N)=O)cccc21. The molecule has 19 heavy (non-hydrogen) atoms. The molecule has 5 nitrogen and oxygen atoms in total. The number of fused-ring (bicyclic) bond motifs is 1.